The number of benzene rings is 2. The summed E-state index contributed by atoms with van der Waals surface area (Å²) in [4.78, 5) is 9.79. The van der Waals surface area contributed by atoms with Crippen molar-refractivity contribution in [3.8, 4) is 0 Å². The summed E-state index contributed by atoms with van der Waals surface area (Å²) in [7, 11) is 0. The minimum Gasteiger partial charge on any atom is -0.277 e. The summed E-state index contributed by atoms with van der Waals surface area (Å²) in [6.45, 7) is 17.0. The normalized spacial score (nSPS) is 15.9. The van der Waals surface area contributed by atoms with E-state index in [1.807, 2.05) is 46.0 Å². The summed E-state index contributed by atoms with van der Waals surface area (Å²) in [5, 5.41) is 1.15. The van der Waals surface area contributed by atoms with E-state index in [1.165, 1.54) is 11.1 Å². The first-order valence-electron chi connectivity index (χ1n) is 10.4. The maximum absolute atomic E-state index is 5.16. The predicted octanol–water partition coefficient (Wildman–Crippen LogP) is 7.19. The monoisotopic (exact) mass is 374 g/mol. The number of rotatable bonds is 1. The van der Waals surface area contributed by atoms with Crippen LogP contribution in [-0.4, -0.2) is 16.2 Å². The molecule has 3 aromatic rings. The standard InChI is InChI=1S/C22H22N2.2C2H6/c1-21(2)18-11-7-6-10-17(18)20(24-22(21,3)4)16-13-15-9-5-8-12-19(15)23-14-16;2*1-2/h5-14H,1-4H3;2*1-2H3. The topological polar surface area (TPSA) is 25.2 Å². The summed E-state index contributed by atoms with van der Waals surface area (Å²) in [6.07, 6.45) is 1.95. The molecule has 2 aromatic carbocycles. The molecule has 0 atom stereocenters. The van der Waals surface area contributed by atoms with E-state index in [0.29, 0.717) is 0 Å². The molecule has 0 saturated carbocycles. The fraction of sp³-hybridized carbons (Fsp3) is 0.385. The van der Waals surface area contributed by atoms with Crippen LogP contribution >= 0.6 is 0 Å². The summed E-state index contributed by atoms with van der Waals surface area (Å²) in [6, 6.07) is 19.1. The maximum Gasteiger partial charge on any atom is 0.0744 e. The van der Waals surface area contributed by atoms with Gasteiger partial charge in [-0.1, -0.05) is 84.0 Å². The molecule has 0 aliphatic carbocycles. The lowest BCUT2D eigenvalue weighted by molar-refractivity contribution is 0.303. The molecule has 148 valence electrons. The molecule has 0 saturated heterocycles. The number of hydrogen-bond acceptors (Lipinski definition) is 2. The lowest BCUT2D eigenvalue weighted by Gasteiger charge is -2.44. The van der Waals surface area contributed by atoms with Crippen LogP contribution in [0, 0.1) is 0 Å². The Hall–Kier alpha value is -2.48. The Morgan fingerprint density at radius 3 is 2.07 bits per heavy atom. The van der Waals surface area contributed by atoms with Gasteiger partial charge in [-0.05, 0) is 31.5 Å². The van der Waals surface area contributed by atoms with Crippen molar-refractivity contribution in [2.75, 3.05) is 0 Å². The number of pyridine rings is 1. The number of aromatic nitrogens is 1. The average Bonchev–Trinajstić information content (AvgIpc) is 2.74. The molecule has 0 amide bonds. The number of hydrogen-bond donors (Lipinski definition) is 0. The van der Waals surface area contributed by atoms with Crippen molar-refractivity contribution >= 4 is 16.6 Å². The van der Waals surface area contributed by atoms with Crippen LogP contribution in [0.4, 0.5) is 0 Å². The molecule has 0 radical (unpaired) electrons. The third-order valence-corrected chi connectivity index (χ3v) is 5.64. The van der Waals surface area contributed by atoms with Gasteiger partial charge in [0.1, 0.15) is 0 Å². The first-order valence-corrected chi connectivity index (χ1v) is 10.4. The molecule has 0 unspecified atom stereocenters. The fourth-order valence-electron chi connectivity index (χ4n) is 3.46. The summed E-state index contributed by atoms with van der Waals surface area (Å²) in [5.41, 5.74) is 5.54. The summed E-state index contributed by atoms with van der Waals surface area (Å²) in [5.74, 6) is 0. The van der Waals surface area contributed by atoms with Gasteiger partial charge in [-0.25, -0.2) is 0 Å². The molecule has 4 rings (SSSR count). The van der Waals surface area contributed by atoms with Crippen LogP contribution in [0.1, 0.15) is 72.1 Å². The minimum atomic E-state index is -0.178. The lowest BCUT2D eigenvalue weighted by atomic mass is 9.66. The van der Waals surface area contributed by atoms with E-state index in [-0.39, 0.29) is 11.0 Å². The lowest BCUT2D eigenvalue weighted by Crippen LogP contribution is -2.46. The molecule has 28 heavy (non-hydrogen) atoms. The highest BCUT2D eigenvalue weighted by atomic mass is 14.9. The Kier molecular flexibility index (Phi) is 6.77. The quantitative estimate of drug-likeness (QED) is 0.442. The van der Waals surface area contributed by atoms with Crippen LogP contribution in [0.5, 0.6) is 0 Å². The van der Waals surface area contributed by atoms with Crippen molar-refractivity contribution in [1.82, 2.24) is 4.98 Å². The SMILES string of the molecule is CC.CC.CC1(C)N=C(c2cnc3ccccc3c2)c2ccccc2C1(C)C. The molecule has 0 spiro atoms. The Morgan fingerprint density at radius 1 is 0.750 bits per heavy atom. The second-order valence-electron chi connectivity index (χ2n) is 7.61. The number of fused-ring (bicyclic) bond motifs is 2. The Labute approximate surface area is 170 Å². The van der Waals surface area contributed by atoms with Gasteiger partial charge in [-0.15, -0.1) is 0 Å². The zero-order valence-electron chi connectivity index (χ0n) is 18.7. The van der Waals surface area contributed by atoms with E-state index in [9.17, 15) is 0 Å². The van der Waals surface area contributed by atoms with Gasteiger partial charge in [-0.3, -0.25) is 9.98 Å². The van der Waals surface area contributed by atoms with E-state index < -0.39 is 0 Å². The number of para-hydroxylation sites is 1. The first-order chi connectivity index (χ1) is 13.4. The van der Waals surface area contributed by atoms with E-state index in [0.717, 1.165) is 22.2 Å². The summed E-state index contributed by atoms with van der Waals surface area (Å²) >= 11 is 0. The third-order valence-electron chi connectivity index (χ3n) is 5.64. The van der Waals surface area contributed by atoms with Crippen molar-refractivity contribution in [3.05, 3.63) is 77.5 Å². The van der Waals surface area contributed by atoms with Gasteiger partial charge in [0.25, 0.3) is 0 Å². The van der Waals surface area contributed by atoms with E-state index in [4.69, 9.17) is 4.99 Å². The van der Waals surface area contributed by atoms with Crippen molar-refractivity contribution in [2.45, 2.75) is 66.3 Å². The van der Waals surface area contributed by atoms with Crippen LogP contribution in [0.2, 0.25) is 0 Å². The van der Waals surface area contributed by atoms with Crippen molar-refractivity contribution in [1.29, 1.82) is 0 Å². The van der Waals surface area contributed by atoms with Gasteiger partial charge in [-0.2, -0.15) is 0 Å². The molecule has 1 aromatic heterocycles. The van der Waals surface area contributed by atoms with Crippen LogP contribution < -0.4 is 0 Å². The highest BCUT2D eigenvalue weighted by Gasteiger charge is 2.43. The maximum atomic E-state index is 5.16. The molecule has 2 nitrogen and oxygen atoms in total. The van der Waals surface area contributed by atoms with E-state index in [2.05, 4.69) is 75.1 Å². The van der Waals surface area contributed by atoms with Crippen LogP contribution in [-0.2, 0) is 5.41 Å². The van der Waals surface area contributed by atoms with E-state index in [1.54, 1.807) is 0 Å². The van der Waals surface area contributed by atoms with Crippen molar-refractivity contribution < 1.29 is 0 Å². The molecule has 2 heterocycles. The van der Waals surface area contributed by atoms with Gasteiger partial charge in [0.15, 0.2) is 0 Å². The van der Waals surface area contributed by atoms with E-state index >= 15 is 0 Å². The van der Waals surface area contributed by atoms with Gasteiger partial charge in [0, 0.05) is 28.1 Å². The second-order valence-corrected chi connectivity index (χ2v) is 7.61. The molecule has 0 bridgehead atoms. The Morgan fingerprint density at radius 2 is 1.36 bits per heavy atom. The fourth-order valence-corrected chi connectivity index (χ4v) is 3.46. The highest BCUT2D eigenvalue weighted by Crippen LogP contribution is 2.43. The average molecular weight is 375 g/mol. The first kappa shape index (κ1) is 21.8. The molecular formula is C26H34N2. The molecule has 0 fully saturated rings. The van der Waals surface area contributed by atoms with Gasteiger partial charge in [0.05, 0.1) is 16.8 Å². The smallest absolute Gasteiger partial charge is 0.0744 e. The van der Waals surface area contributed by atoms with Crippen molar-refractivity contribution in [2.24, 2.45) is 4.99 Å². The molecule has 2 heteroatoms. The van der Waals surface area contributed by atoms with Crippen LogP contribution in [0.3, 0.4) is 0 Å². The largest absolute Gasteiger partial charge is 0.277 e. The third kappa shape index (κ3) is 3.73. The van der Waals surface area contributed by atoms with Gasteiger partial charge < -0.3 is 0 Å². The van der Waals surface area contributed by atoms with Crippen LogP contribution in [0.25, 0.3) is 10.9 Å². The second kappa shape index (κ2) is 8.68. The Bertz CT molecular complexity index is 965. The molecule has 1 aliphatic heterocycles. The molecular weight excluding hydrogens is 340 g/mol. The van der Waals surface area contributed by atoms with Gasteiger partial charge >= 0.3 is 0 Å². The number of nitrogens with zero attached hydrogens (tertiary/aromatic N) is 2. The predicted molar refractivity (Wildman–Crippen MR) is 124 cm³/mol. The molecule has 0 N–H and O–H groups in total. The van der Waals surface area contributed by atoms with Crippen molar-refractivity contribution in [3.63, 3.8) is 0 Å². The van der Waals surface area contributed by atoms with Gasteiger partial charge in [0.2, 0.25) is 0 Å². The van der Waals surface area contributed by atoms with Crippen LogP contribution in [0.15, 0.2) is 65.8 Å². The highest BCUT2D eigenvalue weighted by molar-refractivity contribution is 6.15. The molecule has 1 aliphatic rings. The Balaban J connectivity index is 0.000000660. The number of aliphatic imine (C=N–C) groups is 1. The minimum absolute atomic E-state index is 0.0165. The zero-order chi connectivity index (χ0) is 20.9. The summed E-state index contributed by atoms with van der Waals surface area (Å²) < 4.78 is 0. The zero-order valence-corrected chi connectivity index (χ0v) is 18.7.